The van der Waals surface area contributed by atoms with Crippen LogP contribution in [0, 0.1) is 0 Å². The van der Waals surface area contributed by atoms with E-state index < -0.39 is 0 Å². The highest BCUT2D eigenvalue weighted by molar-refractivity contribution is 5.90. The average molecular weight is 356 g/mol. The number of nitrogens with zero attached hydrogens (tertiary/aromatic N) is 3. The van der Waals surface area contributed by atoms with E-state index in [2.05, 4.69) is 29.2 Å². The number of amides is 1. The van der Waals surface area contributed by atoms with E-state index in [1.807, 2.05) is 35.0 Å². The Morgan fingerprint density at radius 1 is 1.27 bits per heavy atom. The number of carbonyl (C=O) groups is 1. The molecular formula is C20H28N4O2. The number of anilines is 1. The van der Waals surface area contributed by atoms with E-state index in [0.29, 0.717) is 13.0 Å². The van der Waals surface area contributed by atoms with Crippen LogP contribution in [-0.4, -0.2) is 46.6 Å². The lowest BCUT2D eigenvalue weighted by Gasteiger charge is -2.29. The van der Waals surface area contributed by atoms with E-state index in [1.54, 1.807) is 6.20 Å². The largest absolute Gasteiger partial charge is 0.490 e. The number of carbonyl (C=O) groups excluding carboxylic acids is 1. The topological polar surface area (TPSA) is 59.4 Å². The van der Waals surface area contributed by atoms with Crippen molar-refractivity contribution < 1.29 is 9.53 Å². The monoisotopic (exact) mass is 356 g/mol. The Labute approximate surface area is 155 Å². The number of piperidine rings is 1. The number of rotatable bonds is 7. The van der Waals surface area contributed by atoms with Gasteiger partial charge in [0.05, 0.1) is 0 Å². The predicted octanol–water partition coefficient (Wildman–Crippen LogP) is 2.95. The molecule has 26 heavy (non-hydrogen) atoms. The van der Waals surface area contributed by atoms with Gasteiger partial charge in [0.15, 0.2) is 0 Å². The number of hydrogen-bond acceptors (Lipinski definition) is 4. The number of aromatic nitrogens is 2. The van der Waals surface area contributed by atoms with Crippen molar-refractivity contribution in [1.82, 2.24) is 14.5 Å². The molecule has 0 radical (unpaired) electrons. The van der Waals surface area contributed by atoms with Crippen molar-refractivity contribution >= 4 is 11.6 Å². The van der Waals surface area contributed by atoms with Crippen LogP contribution in [0.2, 0.25) is 0 Å². The minimum Gasteiger partial charge on any atom is -0.490 e. The van der Waals surface area contributed by atoms with Crippen molar-refractivity contribution in [2.24, 2.45) is 0 Å². The summed E-state index contributed by atoms with van der Waals surface area (Å²) in [5.41, 5.74) is 0.798. The highest BCUT2D eigenvalue weighted by Gasteiger charge is 2.17. The third-order valence-electron chi connectivity index (χ3n) is 4.80. The van der Waals surface area contributed by atoms with Crippen LogP contribution < -0.4 is 10.1 Å². The first kappa shape index (κ1) is 18.5. The Morgan fingerprint density at radius 3 is 2.69 bits per heavy atom. The summed E-state index contributed by atoms with van der Waals surface area (Å²) in [6.45, 7) is 4.87. The number of likely N-dealkylation sites (tertiary alicyclic amines) is 1. The van der Waals surface area contributed by atoms with Crippen molar-refractivity contribution in [1.29, 1.82) is 0 Å². The molecule has 1 fully saturated rings. The van der Waals surface area contributed by atoms with Gasteiger partial charge < -0.3 is 19.5 Å². The van der Waals surface area contributed by atoms with E-state index in [-0.39, 0.29) is 12.0 Å². The lowest BCUT2D eigenvalue weighted by molar-refractivity contribution is -0.116. The second-order valence-corrected chi connectivity index (χ2v) is 6.83. The van der Waals surface area contributed by atoms with Crippen LogP contribution in [0.4, 0.5) is 5.69 Å². The molecule has 1 N–H and O–H groups in total. The Bertz CT molecular complexity index is 703. The normalized spacial score (nSPS) is 15.8. The van der Waals surface area contributed by atoms with Gasteiger partial charge in [0.2, 0.25) is 5.91 Å². The number of hydrogen-bond donors (Lipinski definition) is 1. The molecule has 2 aromatic rings. The van der Waals surface area contributed by atoms with Gasteiger partial charge in [-0.1, -0.05) is 6.92 Å². The Kier molecular flexibility index (Phi) is 6.28. The van der Waals surface area contributed by atoms with Gasteiger partial charge >= 0.3 is 0 Å². The molecule has 1 aliphatic heterocycles. The standard InChI is InChI=1S/C20H28N4O2/c1-3-19-21-11-15-24(19)14-10-20(25)22-16-4-6-17(7-5-16)26-18-8-12-23(2)13-9-18/h4-7,11,15,18H,3,8-10,12-14H2,1-2H3,(H,22,25). The first-order valence-corrected chi connectivity index (χ1v) is 9.39. The molecule has 6 nitrogen and oxygen atoms in total. The summed E-state index contributed by atoms with van der Waals surface area (Å²) in [7, 11) is 2.14. The molecule has 1 aliphatic rings. The van der Waals surface area contributed by atoms with E-state index >= 15 is 0 Å². The number of imidazole rings is 1. The van der Waals surface area contributed by atoms with Gasteiger partial charge in [-0.3, -0.25) is 4.79 Å². The zero-order valence-corrected chi connectivity index (χ0v) is 15.6. The minimum absolute atomic E-state index is 0.00439. The Balaban J connectivity index is 1.45. The van der Waals surface area contributed by atoms with Gasteiger partial charge in [0.25, 0.3) is 0 Å². The Morgan fingerprint density at radius 2 is 2.00 bits per heavy atom. The SMILES string of the molecule is CCc1nccn1CCC(=O)Nc1ccc(OC2CCN(C)CC2)cc1. The number of aryl methyl sites for hydroxylation is 2. The quantitative estimate of drug-likeness (QED) is 0.829. The molecule has 1 amide bonds. The van der Waals surface area contributed by atoms with Crippen LogP contribution in [0.15, 0.2) is 36.7 Å². The second kappa shape index (κ2) is 8.85. The minimum atomic E-state index is 0.00439. The van der Waals surface area contributed by atoms with E-state index in [9.17, 15) is 4.79 Å². The molecule has 1 saturated heterocycles. The van der Waals surface area contributed by atoms with Crippen LogP contribution in [-0.2, 0) is 17.8 Å². The summed E-state index contributed by atoms with van der Waals surface area (Å²) >= 11 is 0. The van der Waals surface area contributed by atoms with Gasteiger partial charge in [-0.05, 0) is 44.2 Å². The molecule has 1 aromatic heterocycles. The zero-order chi connectivity index (χ0) is 18.4. The molecule has 6 heteroatoms. The van der Waals surface area contributed by atoms with Gasteiger partial charge in [-0.2, -0.15) is 0 Å². The molecule has 1 aromatic carbocycles. The van der Waals surface area contributed by atoms with Gasteiger partial charge in [0.1, 0.15) is 17.7 Å². The molecule has 0 unspecified atom stereocenters. The lowest BCUT2D eigenvalue weighted by atomic mass is 10.1. The van der Waals surface area contributed by atoms with Crippen LogP contribution >= 0.6 is 0 Å². The molecule has 0 aliphatic carbocycles. The van der Waals surface area contributed by atoms with Crippen molar-refractivity contribution in [3.63, 3.8) is 0 Å². The third-order valence-corrected chi connectivity index (χ3v) is 4.80. The van der Waals surface area contributed by atoms with Crippen molar-refractivity contribution in [2.45, 2.75) is 45.3 Å². The van der Waals surface area contributed by atoms with Crippen LogP contribution in [0.5, 0.6) is 5.75 Å². The van der Waals surface area contributed by atoms with E-state index in [4.69, 9.17) is 4.74 Å². The molecule has 3 rings (SSSR count). The number of benzene rings is 1. The van der Waals surface area contributed by atoms with Crippen molar-refractivity contribution in [3.05, 3.63) is 42.5 Å². The Hall–Kier alpha value is -2.34. The van der Waals surface area contributed by atoms with Crippen molar-refractivity contribution in [2.75, 3.05) is 25.5 Å². The fourth-order valence-corrected chi connectivity index (χ4v) is 3.22. The summed E-state index contributed by atoms with van der Waals surface area (Å²) in [5.74, 6) is 1.88. The molecular weight excluding hydrogens is 328 g/mol. The fourth-order valence-electron chi connectivity index (χ4n) is 3.22. The maximum absolute atomic E-state index is 12.2. The number of nitrogens with one attached hydrogen (secondary N) is 1. The van der Waals surface area contributed by atoms with Crippen LogP contribution in [0.25, 0.3) is 0 Å². The van der Waals surface area contributed by atoms with Crippen LogP contribution in [0.3, 0.4) is 0 Å². The van der Waals surface area contributed by atoms with Crippen LogP contribution in [0.1, 0.15) is 32.0 Å². The summed E-state index contributed by atoms with van der Waals surface area (Å²) in [6, 6.07) is 7.66. The maximum atomic E-state index is 12.2. The van der Waals surface area contributed by atoms with E-state index in [0.717, 1.165) is 49.6 Å². The van der Waals surface area contributed by atoms with Gasteiger partial charge in [0, 0.05) is 50.6 Å². The fraction of sp³-hybridized carbons (Fsp3) is 0.500. The molecule has 0 spiro atoms. The first-order chi connectivity index (χ1) is 12.6. The predicted molar refractivity (Wildman–Crippen MR) is 102 cm³/mol. The molecule has 140 valence electrons. The van der Waals surface area contributed by atoms with E-state index in [1.165, 1.54) is 0 Å². The number of ether oxygens (including phenoxy) is 1. The summed E-state index contributed by atoms with van der Waals surface area (Å²) in [4.78, 5) is 18.8. The van der Waals surface area contributed by atoms with Gasteiger partial charge in [-0.25, -0.2) is 4.98 Å². The summed E-state index contributed by atoms with van der Waals surface area (Å²) in [6.07, 6.45) is 7.40. The van der Waals surface area contributed by atoms with Gasteiger partial charge in [-0.15, -0.1) is 0 Å². The molecule has 0 bridgehead atoms. The smallest absolute Gasteiger partial charge is 0.226 e. The lowest BCUT2D eigenvalue weighted by Crippen LogP contribution is -2.35. The summed E-state index contributed by atoms with van der Waals surface area (Å²) < 4.78 is 8.06. The summed E-state index contributed by atoms with van der Waals surface area (Å²) in [5, 5.41) is 2.94. The first-order valence-electron chi connectivity index (χ1n) is 9.39. The highest BCUT2D eigenvalue weighted by Crippen LogP contribution is 2.21. The zero-order valence-electron chi connectivity index (χ0n) is 15.6. The molecule has 2 heterocycles. The second-order valence-electron chi connectivity index (χ2n) is 6.83. The highest BCUT2D eigenvalue weighted by atomic mass is 16.5. The third kappa shape index (κ3) is 5.08. The molecule has 0 saturated carbocycles. The average Bonchev–Trinajstić information content (AvgIpc) is 3.11. The molecule has 0 atom stereocenters. The van der Waals surface area contributed by atoms with Crippen molar-refractivity contribution in [3.8, 4) is 5.75 Å². The maximum Gasteiger partial charge on any atom is 0.226 e.